The number of rotatable bonds is 8. The van der Waals surface area contributed by atoms with E-state index in [2.05, 4.69) is 25.7 Å². The summed E-state index contributed by atoms with van der Waals surface area (Å²) in [6.45, 7) is 0.916. The highest BCUT2D eigenvalue weighted by atomic mass is 16.5. The number of aryl methyl sites for hydroxylation is 1. The van der Waals surface area contributed by atoms with Gasteiger partial charge in [0, 0.05) is 37.5 Å². The summed E-state index contributed by atoms with van der Waals surface area (Å²) in [7, 11) is 3.31. The topological polar surface area (TPSA) is 103 Å². The van der Waals surface area contributed by atoms with Gasteiger partial charge in [-0.15, -0.1) is 0 Å². The zero-order valence-electron chi connectivity index (χ0n) is 16.3. The number of ether oxygens (including phenoxy) is 2. The molecule has 2 heterocycles. The lowest BCUT2D eigenvalue weighted by Gasteiger charge is -2.10. The van der Waals surface area contributed by atoms with Crippen LogP contribution in [-0.2, 0) is 7.05 Å². The number of hydrogen-bond acceptors (Lipinski definition) is 7. The maximum Gasteiger partial charge on any atom is 0.257 e. The van der Waals surface area contributed by atoms with E-state index in [1.54, 1.807) is 54.6 Å². The first kappa shape index (κ1) is 18.7. The molecule has 0 radical (unpaired) electrons. The van der Waals surface area contributed by atoms with Gasteiger partial charge >= 0.3 is 0 Å². The van der Waals surface area contributed by atoms with Crippen molar-refractivity contribution in [3.8, 4) is 17.4 Å². The molecule has 150 valence electrons. The monoisotopic (exact) mass is 394 g/mol. The summed E-state index contributed by atoms with van der Waals surface area (Å²) in [5.74, 6) is 2.84. The smallest absolute Gasteiger partial charge is 0.257 e. The van der Waals surface area contributed by atoms with Crippen molar-refractivity contribution >= 4 is 17.5 Å². The minimum atomic E-state index is -0.321. The van der Waals surface area contributed by atoms with Gasteiger partial charge in [-0.3, -0.25) is 9.48 Å². The summed E-state index contributed by atoms with van der Waals surface area (Å²) in [5.41, 5.74) is 0.376. The van der Waals surface area contributed by atoms with Crippen LogP contribution in [-0.4, -0.2) is 39.3 Å². The Labute approximate surface area is 168 Å². The van der Waals surface area contributed by atoms with Gasteiger partial charge < -0.3 is 20.1 Å². The second-order valence-electron chi connectivity index (χ2n) is 6.89. The summed E-state index contributed by atoms with van der Waals surface area (Å²) < 4.78 is 12.7. The minimum absolute atomic E-state index is 0.321. The van der Waals surface area contributed by atoms with E-state index in [0.717, 1.165) is 12.5 Å². The largest absolute Gasteiger partial charge is 0.497 e. The van der Waals surface area contributed by atoms with Gasteiger partial charge in [-0.1, -0.05) is 0 Å². The molecule has 2 aromatic heterocycles. The average molecular weight is 394 g/mol. The minimum Gasteiger partial charge on any atom is -0.497 e. The summed E-state index contributed by atoms with van der Waals surface area (Å²) in [6, 6.07) is 6.63. The second kappa shape index (κ2) is 8.17. The Balaban J connectivity index is 1.46. The first-order valence-electron chi connectivity index (χ1n) is 9.33. The fraction of sp³-hybridized carbons (Fsp3) is 0.300. The Morgan fingerprint density at radius 2 is 2.00 bits per heavy atom. The van der Waals surface area contributed by atoms with E-state index in [4.69, 9.17) is 9.47 Å². The van der Waals surface area contributed by atoms with Crippen LogP contribution in [0.2, 0.25) is 0 Å². The average Bonchev–Trinajstić information content (AvgIpc) is 3.47. The highest BCUT2D eigenvalue weighted by Gasteiger charge is 2.20. The van der Waals surface area contributed by atoms with Gasteiger partial charge in [0.15, 0.2) is 5.82 Å². The molecule has 0 bridgehead atoms. The summed E-state index contributed by atoms with van der Waals surface area (Å²) in [6.07, 6.45) is 7.47. The number of benzene rings is 1. The molecule has 4 rings (SSSR count). The van der Waals surface area contributed by atoms with Gasteiger partial charge in [-0.2, -0.15) is 5.10 Å². The molecule has 0 atom stereocenters. The van der Waals surface area contributed by atoms with E-state index in [-0.39, 0.29) is 5.91 Å². The second-order valence-corrected chi connectivity index (χ2v) is 6.89. The van der Waals surface area contributed by atoms with Crippen LogP contribution in [0.4, 0.5) is 11.6 Å². The molecule has 9 heteroatoms. The maximum atomic E-state index is 12.6. The van der Waals surface area contributed by atoms with Crippen molar-refractivity contribution in [1.29, 1.82) is 0 Å². The van der Waals surface area contributed by atoms with Gasteiger partial charge in [-0.25, -0.2) is 9.97 Å². The lowest BCUT2D eigenvalue weighted by molar-refractivity contribution is 0.102. The number of nitrogens with one attached hydrogen (secondary N) is 2. The predicted molar refractivity (Wildman–Crippen MR) is 107 cm³/mol. The molecule has 1 amide bonds. The standard InChI is InChI=1S/C20H22N6O3/c1-26-6-5-17(25-26)24-20(27)14-7-15(28-2)9-16(8-14)29-19-12-22-18(11-23-19)21-10-13-3-4-13/h5-9,11-13H,3-4,10H2,1-2H3,(H,21,22)(H,24,25,27). The molecule has 1 fully saturated rings. The Morgan fingerprint density at radius 3 is 2.66 bits per heavy atom. The zero-order chi connectivity index (χ0) is 20.2. The number of aromatic nitrogens is 4. The number of nitrogens with zero attached hydrogens (tertiary/aromatic N) is 4. The highest BCUT2D eigenvalue weighted by Crippen LogP contribution is 2.29. The Hall–Kier alpha value is -3.62. The van der Waals surface area contributed by atoms with E-state index in [9.17, 15) is 4.79 Å². The Bertz CT molecular complexity index is 998. The third kappa shape index (κ3) is 5.01. The van der Waals surface area contributed by atoms with Crippen molar-refractivity contribution in [3.63, 3.8) is 0 Å². The Kier molecular flexibility index (Phi) is 5.28. The van der Waals surface area contributed by atoms with Gasteiger partial charge in [0.25, 0.3) is 5.91 Å². The maximum absolute atomic E-state index is 12.6. The third-order valence-corrected chi connectivity index (χ3v) is 4.45. The summed E-state index contributed by atoms with van der Waals surface area (Å²) >= 11 is 0. The van der Waals surface area contributed by atoms with E-state index in [1.165, 1.54) is 20.0 Å². The lowest BCUT2D eigenvalue weighted by atomic mass is 10.2. The molecule has 0 spiro atoms. The van der Waals surface area contributed by atoms with Crippen molar-refractivity contribution in [2.24, 2.45) is 13.0 Å². The predicted octanol–water partition coefficient (Wildman–Crippen LogP) is 3.09. The molecular formula is C20H22N6O3. The number of amides is 1. The highest BCUT2D eigenvalue weighted by molar-refractivity contribution is 6.04. The first-order chi connectivity index (χ1) is 14.1. The molecule has 0 saturated heterocycles. The van der Waals surface area contributed by atoms with Gasteiger partial charge in [-0.05, 0) is 30.9 Å². The number of anilines is 2. The fourth-order valence-corrected chi connectivity index (χ4v) is 2.70. The molecule has 1 aliphatic carbocycles. The van der Waals surface area contributed by atoms with Crippen LogP contribution in [0, 0.1) is 5.92 Å². The molecular weight excluding hydrogens is 372 g/mol. The number of hydrogen-bond donors (Lipinski definition) is 2. The Morgan fingerprint density at radius 1 is 1.17 bits per heavy atom. The fourth-order valence-electron chi connectivity index (χ4n) is 2.70. The number of methoxy groups -OCH3 is 1. The third-order valence-electron chi connectivity index (χ3n) is 4.45. The summed E-state index contributed by atoms with van der Waals surface area (Å²) in [4.78, 5) is 21.1. The van der Waals surface area contributed by atoms with Crippen molar-refractivity contribution in [2.45, 2.75) is 12.8 Å². The normalized spacial score (nSPS) is 13.0. The van der Waals surface area contributed by atoms with Gasteiger partial charge in [0.1, 0.15) is 17.3 Å². The number of carbonyl (C=O) groups is 1. The molecule has 9 nitrogen and oxygen atoms in total. The summed E-state index contributed by atoms with van der Waals surface area (Å²) in [5, 5.41) is 10.1. The van der Waals surface area contributed by atoms with Crippen molar-refractivity contribution in [1.82, 2.24) is 19.7 Å². The molecule has 0 aliphatic heterocycles. The van der Waals surface area contributed by atoms with Crippen LogP contribution in [0.5, 0.6) is 17.4 Å². The van der Waals surface area contributed by atoms with Gasteiger partial charge in [0.05, 0.1) is 19.5 Å². The van der Waals surface area contributed by atoms with Crippen molar-refractivity contribution in [2.75, 3.05) is 24.3 Å². The van der Waals surface area contributed by atoms with Gasteiger partial charge in [0.2, 0.25) is 5.88 Å². The van der Waals surface area contributed by atoms with Crippen LogP contribution in [0.15, 0.2) is 42.9 Å². The lowest BCUT2D eigenvalue weighted by Crippen LogP contribution is -2.13. The molecule has 1 aliphatic rings. The quantitative estimate of drug-likeness (QED) is 0.605. The van der Waals surface area contributed by atoms with E-state index in [1.807, 2.05) is 0 Å². The van der Waals surface area contributed by atoms with E-state index < -0.39 is 0 Å². The van der Waals surface area contributed by atoms with Crippen LogP contribution in [0.1, 0.15) is 23.2 Å². The molecule has 3 aromatic rings. The van der Waals surface area contributed by atoms with Crippen LogP contribution in [0.25, 0.3) is 0 Å². The van der Waals surface area contributed by atoms with Crippen molar-refractivity contribution < 1.29 is 14.3 Å². The first-order valence-corrected chi connectivity index (χ1v) is 9.33. The van der Waals surface area contributed by atoms with Crippen LogP contribution < -0.4 is 20.1 Å². The molecule has 1 aromatic carbocycles. The van der Waals surface area contributed by atoms with Crippen LogP contribution >= 0.6 is 0 Å². The molecule has 29 heavy (non-hydrogen) atoms. The SMILES string of the molecule is COc1cc(Oc2cnc(NCC3CC3)cn2)cc(C(=O)Nc2ccn(C)n2)c1. The number of carbonyl (C=O) groups excluding carboxylic acids is 1. The molecule has 0 unspecified atom stereocenters. The van der Waals surface area contributed by atoms with E-state index >= 15 is 0 Å². The van der Waals surface area contributed by atoms with Crippen molar-refractivity contribution in [3.05, 3.63) is 48.4 Å². The zero-order valence-corrected chi connectivity index (χ0v) is 16.3. The molecule has 1 saturated carbocycles. The van der Waals surface area contributed by atoms with Crippen LogP contribution in [0.3, 0.4) is 0 Å². The molecule has 2 N–H and O–H groups in total. The van der Waals surface area contributed by atoms with E-state index in [0.29, 0.717) is 34.6 Å².